The van der Waals surface area contributed by atoms with Crippen LogP contribution in [-0.4, -0.2) is 32.9 Å². The van der Waals surface area contributed by atoms with Crippen molar-refractivity contribution in [2.45, 2.75) is 0 Å². The van der Waals surface area contributed by atoms with Crippen molar-refractivity contribution < 1.29 is 14.3 Å². The first-order valence-electron chi connectivity index (χ1n) is 9.02. The molecule has 0 aliphatic carbocycles. The molecule has 0 aliphatic rings. The van der Waals surface area contributed by atoms with Gasteiger partial charge in [0, 0.05) is 29.8 Å². The number of carbonyl (C=O) groups is 1. The van der Waals surface area contributed by atoms with Gasteiger partial charge < -0.3 is 20.1 Å². The van der Waals surface area contributed by atoms with Gasteiger partial charge in [-0.25, -0.2) is 19.4 Å². The molecule has 4 rings (SSSR count). The van der Waals surface area contributed by atoms with Gasteiger partial charge in [0.2, 0.25) is 5.88 Å². The molecule has 2 aromatic heterocycles. The number of hydrogen-bond acceptors (Lipinski definition) is 6. The molecule has 0 bridgehead atoms. The Hall–Kier alpha value is -4.40. The van der Waals surface area contributed by atoms with Gasteiger partial charge in [-0.05, 0) is 54.6 Å². The zero-order valence-corrected chi connectivity index (χ0v) is 16.0. The predicted octanol–water partition coefficient (Wildman–Crippen LogP) is 4.11. The fraction of sp³-hybridized carbons (Fsp3) is 0.0476. The van der Waals surface area contributed by atoms with Crippen LogP contribution in [0, 0.1) is 0 Å². The second kappa shape index (κ2) is 8.74. The number of amides is 2. The molecule has 0 spiro atoms. The number of urea groups is 1. The zero-order chi connectivity index (χ0) is 20.8. The van der Waals surface area contributed by atoms with Gasteiger partial charge in [0.05, 0.1) is 7.11 Å². The molecule has 9 heteroatoms. The summed E-state index contributed by atoms with van der Waals surface area (Å²) in [5.74, 6) is 2.27. The molecule has 0 fully saturated rings. The van der Waals surface area contributed by atoms with Crippen molar-refractivity contribution in [3.63, 3.8) is 0 Å². The Bertz CT molecular complexity index is 1110. The average Bonchev–Trinajstić information content (AvgIpc) is 3.31. The topological polar surface area (TPSA) is 103 Å². The van der Waals surface area contributed by atoms with Gasteiger partial charge >= 0.3 is 6.03 Å². The minimum Gasteiger partial charge on any atom is -0.497 e. The van der Waals surface area contributed by atoms with Gasteiger partial charge in [-0.2, -0.15) is 5.10 Å². The second-order valence-corrected chi connectivity index (χ2v) is 6.10. The fourth-order valence-corrected chi connectivity index (χ4v) is 2.61. The Morgan fingerprint density at radius 1 is 0.933 bits per heavy atom. The van der Waals surface area contributed by atoms with Crippen molar-refractivity contribution in [3.8, 4) is 23.2 Å². The largest absolute Gasteiger partial charge is 0.497 e. The standard InChI is InChI=1S/C21H18N6O3/c1-29-17-7-3-15(4-8-17)25-21(28)26-16-5-9-18(10-6-16)30-20-13-19(22-14-23-20)27-12-2-11-24-27/h2-14H,1H3,(H2,25,26,28). The Morgan fingerprint density at radius 3 is 2.20 bits per heavy atom. The van der Waals surface area contributed by atoms with E-state index in [0.29, 0.717) is 28.8 Å². The quantitative estimate of drug-likeness (QED) is 0.503. The molecule has 0 aliphatic heterocycles. The summed E-state index contributed by atoms with van der Waals surface area (Å²) in [7, 11) is 1.59. The van der Waals surface area contributed by atoms with Crippen LogP contribution in [0.1, 0.15) is 0 Å². The van der Waals surface area contributed by atoms with Crippen LogP contribution in [-0.2, 0) is 0 Å². The molecular weight excluding hydrogens is 384 g/mol. The lowest BCUT2D eigenvalue weighted by Gasteiger charge is -2.10. The van der Waals surface area contributed by atoms with Crippen molar-refractivity contribution in [3.05, 3.63) is 79.4 Å². The van der Waals surface area contributed by atoms with E-state index < -0.39 is 0 Å². The maximum absolute atomic E-state index is 12.2. The van der Waals surface area contributed by atoms with E-state index in [-0.39, 0.29) is 6.03 Å². The van der Waals surface area contributed by atoms with Crippen LogP contribution in [0.2, 0.25) is 0 Å². The molecule has 9 nitrogen and oxygen atoms in total. The fourth-order valence-electron chi connectivity index (χ4n) is 2.61. The summed E-state index contributed by atoms with van der Waals surface area (Å²) in [6, 6.07) is 17.1. The normalized spacial score (nSPS) is 10.3. The highest BCUT2D eigenvalue weighted by Crippen LogP contribution is 2.22. The van der Waals surface area contributed by atoms with E-state index in [2.05, 4.69) is 25.7 Å². The maximum atomic E-state index is 12.2. The molecule has 4 aromatic rings. The summed E-state index contributed by atoms with van der Waals surface area (Å²) >= 11 is 0. The molecule has 2 amide bonds. The van der Waals surface area contributed by atoms with Gasteiger partial charge in [0.1, 0.15) is 17.8 Å². The molecule has 0 atom stereocenters. The Kier molecular flexibility index (Phi) is 5.52. The average molecular weight is 402 g/mol. The van der Waals surface area contributed by atoms with Crippen LogP contribution >= 0.6 is 0 Å². The van der Waals surface area contributed by atoms with Crippen molar-refractivity contribution >= 4 is 17.4 Å². The SMILES string of the molecule is COc1ccc(NC(=O)Nc2ccc(Oc3cc(-n4cccn4)ncn3)cc2)cc1. The zero-order valence-electron chi connectivity index (χ0n) is 16.0. The predicted molar refractivity (Wildman–Crippen MR) is 111 cm³/mol. The number of methoxy groups -OCH3 is 1. The Labute approximate surface area is 172 Å². The van der Waals surface area contributed by atoms with Crippen LogP contribution in [0.4, 0.5) is 16.2 Å². The van der Waals surface area contributed by atoms with E-state index in [1.807, 2.05) is 0 Å². The molecule has 2 aromatic carbocycles. The van der Waals surface area contributed by atoms with Gasteiger partial charge in [-0.1, -0.05) is 0 Å². The number of anilines is 2. The number of nitrogens with one attached hydrogen (secondary N) is 2. The van der Waals surface area contributed by atoms with Crippen molar-refractivity contribution in [2.75, 3.05) is 17.7 Å². The molecule has 2 N–H and O–H groups in total. The van der Waals surface area contributed by atoms with E-state index in [0.717, 1.165) is 5.75 Å². The first-order chi connectivity index (χ1) is 14.7. The summed E-state index contributed by atoms with van der Waals surface area (Å²) in [4.78, 5) is 20.4. The van der Waals surface area contributed by atoms with E-state index in [1.54, 1.807) is 84.8 Å². The first kappa shape index (κ1) is 18.9. The minimum absolute atomic E-state index is 0.353. The molecule has 2 heterocycles. The van der Waals surface area contributed by atoms with Gasteiger partial charge in [-0.3, -0.25) is 0 Å². The summed E-state index contributed by atoms with van der Waals surface area (Å²) < 4.78 is 12.5. The molecule has 0 unspecified atom stereocenters. The summed E-state index contributed by atoms with van der Waals surface area (Å²) in [6.45, 7) is 0. The number of aromatic nitrogens is 4. The highest BCUT2D eigenvalue weighted by molar-refractivity contribution is 5.99. The lowest BCUT2D eigenvalue weighted by molar-refractivity contribution is 0.262. The lowest BCUT2D eigenvalue weighted by Crippen LogP contribution is -2.19. The van der Waals surface area contributed by atoms with Gasteiger partial charge in [0.15, 0.2) is 5.82 Å². The maximum Gasteiger partial charge on any atom is 0.323 e. The lowest BCUT2D eigenvalue weighted by atomic mass is 10.3. The third-order valence-electron chi connectivity index (χ3n) is 4.05. The van der Waals surface area contributed by atoms with E-state index in [4.69, 9.17) is 9.47 Å². The van der Waals surface area contributed by atoms with Crippen molar-refractivity contribution in [1.29, 1.82) is 0 Å². The third kappa shape index (κ3) is 4.71. The van der Waals surface area contributed by atoms with E-state index >= 15 is 0 Å². The second-order valence-electron chi connectivity index (χ2n) is 6.10. The number of nitrogens with zero attached hydrogens (tertiary/aromatic N) is 4. The number of ether oxygens (including phenoxy) is 2. The van der Waals surface area contributed by atoms with Crippen molar-refractivity contribution in [2.24, 2.45) is 0 Å². The molecular formula is C21H18N6O3. The van der Waals surface area contributed by atoms with Gasteiger partial charge in [-0.15, -0.1) is 0 Å². The number of carbonyl (C=O) groups excluding carboxylic acids is 1. The Balaban J connectivity index is 1.36. The number of rotatable bonds is 6. The Morgan fingerprint density at radius 2 is 1.60 bits per heavy atom. The van der Waals surface area contributed by atoms with Crippen LogP contribution in [0.15, 0.2) is 79.4 Å². The molecule has 30 heavy (non-hydrogen) atoms. The molecule has 0 radical (unpaired) electrons. The summed E-state index contributed by atoms with van der Waals surface area (Å²) in [5.41, 5.74) is 1.28. The molecule has 0 saturated heterocycles. The van der Waals surface area contributed by atoms with E-state index in [9.17, 15) is 4.79 Å². The van der Waals surface area contributed by atoms with Crippen LogP contribution < -0.4 is 20.1 Å². The van der Waals surface area contributed by atoms with Gasteiger partial charge in [0.25, 0.3) is 0 Å². The van der Waals surface area contributed by atoms with Crippen LogP contribution in [0.3, 0.4) is 0 Å². The van der Waals surface area contributed by atoms with Crippen molar-refractivity contribution in [1.82, 2.24) is 19.7 Å². The third-order valence-corrected chi connectivity index (χ3v) is 4.05. The summed E-state index contributed by atoms with van der Waals surface area (Å²) in [6.07, 6.45) is 4.86. The van der Waals surface area contributed by atoms with Crippen LogP contribution in [0.25, 0.3) is 5.82 Å². The smallest absolute Gasteiger partial charge is 0.323 e. The molecule has 0 saturated carbocycles. The summed E-state index contributed by atoms with van der Waals surface area (Å²) in [5, 5.41) is 9.65. The monoisotopic (exact) mass is 402 g/mol. The highest BCUT2D eigenvalue weighted by atomic mass is 16.5. The van der Waals surface area contributed by atoms with Crippen LogP contribution in [0.5, 0.6) is 17.4 Å². The number of benzene rings is 2. The molecule has 150 valence electrons. The minimum atomic E-state index is -0.353. The first-order valence-corrected chi connectivity index (χ1v) is 9.02. The highest BCUT2D eigenvalue weighted by Gasteiger charge is 2.06. The van der Waals surface area contributed by atoms with E-state index in [1.165, 1.54) is 6.33 Å². The number of hydrogen-bond donors (Lipinski definition) is 2.